The third-order valence-corrected chi connectivity index (χ3v) is 2.62. The second kappa shape index (κ2) is 5.57. The van der Waals surface area contributed by atoms with Crippen LogP contribution in [0.2, 0.25) is 0 Å². The largest absolute Gasteiger partial charge is 0.486 e. The van der Waals surface area contributed by atoms with Crippen LogP contribution in [0.25, 0.3) is 0 Å². The molecular formula is C13H17NO3. The fourth-order valence-electron chi connectivity index (χ4n) is 1.67. The molecule has 1 aliphatic heterocycles. The molecule has 1 amide bonds. The topological polar surface area (TPSA) is 47.6 Å². The lowest BCUT2D eigenvalue weighted by atomic mass is 10.2. The van der Waals surface area contributed by atoms with Crippen LogP contribution in [0.1, 0.15) is 30.1 Å². The molecule has 1 aliphatic rings. The summed E-state index contributed by atoms with van der Waals surface area (Å²) in [6.45, 7) is 3.91. The highest BCUT2D eigenvalue weighted by atomic mass is 16.6. The van der Waals surface area contributed by atoms with Crippen LogP contribution in [-0.2, 0) is 0 Å². The number of amides is 1. The van der Waals surface area contributed by atoms with Crippen molar-refractivity contribution >= 4 is 5.91 Å². The third-order valence-electron chi connectivity index (χ3n) is 2.62. The molecule has 0 atom stereocenters. The first-order chi connectivity index (χ1) is 8.31. The number of hydrogen-bond acceptors (Lipinski definition) is 3. The highest BCUT2D eigenvalue weighted by molar-refractivity contribution is 5.94. The molecule has 0 saturated heterocycles. The van der Waals surface area contributed by atoms with E-state index in [1.165, 1.54) is 0 Å². The highest BCUT2D eigenvalue weighted by Crippen LogP contribution is 2.30. The number of nitrogens with one attached hydrogen (secondary N) is 1. The van der Waals surface area contributed by atoms with Crippen LogP contribution in [0.5, 0.6) is 11.5 Å². The van der Waals surface area contributed by atoms with Crippen LogP contribution >= 0.6 is 0 Å². The summed E-state index contributed by atoms with van der Waals surface area (Å²) in [7, 11) is 0. The summed E-state index contributed by atoms with van der Waals surface area (Å²) in [5, 5.41) is 2.87. The predicted octanol–water partition coefficient (Wildman–Crippen LogP) is 1.99. The average Bonchev–Trinajstić information content (AvgIpc) is 2.38. The van der Waals surface area contributed by atoms with Crippen molar-refractivity contribution in [1.82, 2.24) is 5.32 Å². The fraction of sp³-hybridized carbons (Fsp3) is 0.462. The maximum atomic E-state index is 11.8. The van der Waals surface area contributed by atoms with Gasteiger partial charge in [0.2, 0.25) is 0 Å². The minimum Gasteiger partial charge on any atom is -0.486 e. The van der Waals surface area contributed by atoms with Gasteiger partial charge in [0.1, 0.15) is 13.2 Å². The first-order valence-corrected chi connectivity index (χ1v) is 5.99. The molecule has 92 valence electrons. The molecule has 0 saturated carbocycles. The number of unbranched alkanes of at least 4 members (excludes halogenated alkanes) is 1. The number of benzene rings is 1. The van der Waals surface area contributed by atoms with Crippen molar-refractivity contribution in [3.8, 4) is 11.5 Å². The summed E-state index contributed by atoms with van der Waals surface area (Å²) in [5.74, 6) is 1.30. The van der Waals surface area contributed by atoms with Crippen LogP contribution in [0.15, 0.2) is 18.2 Å². The van der Waals surface area contributed by atoms with Crippen LogP contribution < -0.4 is 14.8 Å². The first kappa shape index (κ1) is 11.8. The van der Waals surface area contributed by atoms with Crippen LogP contribution in [-0.4, -0.2) is 25.7 Å². The van der Waals surface area contributed by atoms with Gasteiger partial charge in [0.25, 0.3) is 5.91 Å². The summed E-state index contributed by atoms with van der Waals surface area (Å²) in [4.78, 5) is 11.8. The third kappa shape index (κ3) is 2.90. The first-order valence-electron chi connectivity index (χ1n) is 5.99. The van der Waals surface area contributed by atoms with E-state index in [0.29, 0.717) is 36.8 Å². The van der Waals surface area contributed by atoms with E-state index in [9.17, 15) is 4.79 Å². The van der Waals surface area contributed by atoms with E-state index in [1.54, 1.807) is 18.2 Å². The molecule has 0 unspecified atom stereocenters. The van der Waals surface area contributed by atoms with Gasteiger partial charge in [0.15, 0.2) is 11.5 Å². The Labute approximate surface area is 101 Å². The molecule has 0 radical (unpaired) electrons. The van der Waals surface area contributed by atoms with Gasteiger partial charge >= 0.3 is 0 Å². The summed E-state index contributed by atoms with van der Waals surface area (Å²) in [6.07, 6.45) is 2.07. The zero-order valence-corrected chi connectivity index (χ0v) is 9.99. The summed E-state index contributed by atoms with van der Waals surface area (Å²) in [6, 6.07) is 5.27. The molecule has 17 heavy (non-hydrogen) atoms. The van der Waals surface area contributed by atoms with Gasteiger partial charge in [0.05, 0.1) is 0 Å². The van der Waals surface area contributed by atoms with Gasteiger partial charge in [0, 0.05) is 12.1 Å². The molecule has 1 aromatic carbocycles. The normalized spacial score (nSPS) is 13.2. The average molecular weight is 235 g/mol. The van der Waals surface area contributed by atoms with Crippen molar-refractivity contribution in [1.29, 1.82) is 0 Å². The minimum absolute atomic E-state index is 0.0598. The van der Waals surface area contributed by atoms with Crippen molar-refractivity contribution in [2.75, 3.05) is 19.8 Å². The van der Waals surface area contributed by atoms with Crippen molar-refractivity contribution in [2.24, 2.45) is 0 Å². The Kier molecular flexibility index (Phi) is 3.85. The number of fused-ring (bicyclic) bond motifs is 1. The monoisotopic (exact) mass is 235 g/mol. The molecule has 1 N–H and O–H groups in total. The second-order valence-corrected chi connectivity index (χ2v) is 3.97. The molecule has 0 spiro atoms. The molecule has 1 aromatic rings. The van der Waals surface area contributed by atoms with Gasteiger partial charge in [-0.15, -0.1) is 0 Å². The Morgan fingerprint density at radius 2 is 2.06 bits per heavy atom. The highest BCUT2D eigenvalue weighted by Gasteiger charge is 2.14. The Morgan fingerprint density at radius 3 is 2.82 bits per heavy atom. The molecule has 2 rings (SSSR count). The maximum absolute atomic E-state index is 11.8. The van der Waals surface area contributed by atoms with Gasteiger partial charge in [-0.1, -0.05) is 13.3 Å². The van der Waals surface area contributed by atoms with Gasteiger partial charge in [-0.3, -0.25) is 4.79 Å². The van der Waals surface area contributed by atoms with E-state index in [-0.39, 0.29) is 5.91 Å². The van der Waals surface area contributed by atoms with E-state index in [1.807, 2.05) is 0 Å². The lowest BCUT2D eigenvalue weighted by Gasteiger charge is -2.18. The Bertz CT molecular complexity index is 404. The number of carbonyl (C=O) groups excluding carboxylic acids is 1. The molecular weight excluding hydrogens is 218 g/mol. The molecule has 1 heterocycles. The smallest absolute Gasteiger partial charge is 0.251 e. The Balaban J connectivity index is 2.03. The van der Waals surface area contributed by atoms with Gasteiger partial charge in [-0.2, -0.15) is 0 Å². The lowest BCUT2D eigenvalue weighted by Crippen LogP contribution is -2.24. The molecule has 0 aromatic heterocycles. The zero-order chi connectivity index (χ0) is 12.1. The van der Waals surface area contributed by atoms with E-state index < -0.39 is 0 Å². The summed E-state index contributed by atoms with van der Waals surface area (Å²) < 4.78 is 10.8. The summed E-state index contributed by atoms with van der Waals surface area (Å²) >= 11 is 0. The second-order valence-electron chi connectivity index (χ2n) is 3.97. The van der Waals surface area contributed by atoms with E-state index in [0.717, 1.165) is 12.8 Å². The number of carbonyl (C=O) groups is 1. The molecule has 0 bridgehead atoms. The zero-order valence-electron chi connectivity index (χ0n) is 9.99. The van der Waals surface area contributed by atoms with Crippen molar-refractivity contribution < 1.29 is 14.3 Å². The van der Waals surface area contributed by atoms with Gasteiger partial charge in [-0.25, -0.2) is 0 Å². The standard InChI is InChI=1S/C13H17NO3/c1-2-3-6-14-13(15)10-4-5-11-12(9-10)17-8-7-16-11/h4-5,9H,2-3,6-8H2,1H3,(H,14,15). The van der Waals surface area contributed by atoms with Gasteiger partial charge in [-0.05, 0) is 24.6 Å². The van der Waals surface area contributed by atoms with Crippen molar-refractivity contribution in [2.45, 2.75) is 19.8 Å². The van der Waals surface area contributed by atoms with Crippen LogP contribution in [0.3, 0.4) is 0 Å². The lowest BCUT2D eigenvalue weighted by molar-refractivity contribution is 0.0952. The van der Waals surface area contributed by atoms with Crippen molar-refractivity contribution in [3.63, 3.8) is 0 Å². The molecule has 0 fully saturated rings. The van der Waals surface area contributed by atoms with E-state index in [4.69, 9.17) is 9.47 Å². The minimum atomic E-state index is -0.0598. The molecule has 0 aliphatic carbocycles. The van der Waals surface area contributed by atoms with Crippen LogP contribution in [0.4, 0.5) is 0 Å². The Hall–Kier alpha value is -1.71. The SMILES string of the molecule is CCCCNC(=O)c1ccc2c(c1)OCCO2. The van der Waals surface area contributed by atoms with E-state index >= 15 is 0 Å². The fourth-order valence-corrected chi connectivity index (χ4v) is 1.67. The van der Waals surface area contributed by atoms with Crippen molar-refractivity contribution in [3.05, 3.63) is 23.8 Å². The Morgan fingerprint density at radius 1 is 1.29 bits per heavy atom. The maximum Gasteiger partial charge on any atom is 0.251 e. The molecule has 4 heteroatoms. The van der Waals surface area contributed by atoms with Gasteiger partial charge < -0.3 is 14.8 Å². The quantitative estimate of drug-likeness (QED) is 0.812. The molecule has 4 nitrogen and oxygen atoms in total. The summed E-state index contributed by atoms with van der Waals surface area (Å²) in [5.41, 5.74) is 0.616. The predicted molar refractivity (Wildman–Crippen MR) is 64.7 cm³/mol. The van der Waals surface area contributed by atoms with E-state index in [2.05, 4.69) is 12.2 Å². The number of hydrogen-bond donors (Lipinski definition) is 1. The number of ether oxygens (including phenoxy) is 2. The number of rotatable bonds is 4. The van der Waals surface area contributed by atoms with Crippen LogP contribution in [0, 0.1) is 0 Å².